The number of carbonyl (C=O) groups excluding carboxylic acids is 1. The Morgan fingerprint density at radius 1 is 1.18 bits per heavy atom. The largest absolute Gasteiger partial charge is 0.371 e. The third kappa shape index (κ3) is 2.56. The van der Waals surface area contributed by atoms with E-state index in [1.54, 1.807) is 6.08 Å². The Morgan fingerprint density at radius 2 is 2.09 bits per heavy atom. The Morgan fingerprint density at radius 3 is 3.00 bits per heavy atom. The second-order valence-electron chi connectivity index (χ2n) is 6.73. The van der Waals surface area contributed by atoms with Gasteiger partial charge in [0.05, 0.1) is 30.5 Å². The molecule has 4 aliphatic heterocycles. The fourth-order valence-corrected chi connectivity index (χ4v) is 3.83. The smallest absolute Gasteiger partial charge is 0.181 e. The van der Waals surface area contributed by atoms with Crippen molar-refractivity contribution < 1.29 is 23.7 Å². The Balaban J connectivity index is 1.58. The van der Waals surface area contributed by atoms with Crippen molar-refractivity contribution in [2.75, 3.05) is 13.2 Å². The zero-order valence-corrected chi connectivity index (χ0v) is 12.8. The summed E-state index contributed by atoms with van der Waals surface area (Å²) in [4.78, 5) is 11.5. The van der Waals surface area contributed by atoms with Crippen molar-refractivity contribution in [1.82, 2.24) is 0 Å². The first-order valence-electron chi connectivity index (χ1n) is 8.08. The van der Waals surface area contributed by atoms with Crippen LogP contribution in [0.3, 0.4) is 0 Å². The van der Waals surface area contributed by atoms with Gasteiger partial charge >= 0.3 is 0 Å². The van der Waals surface area contributed by atoms with E-state index in [0.29, 0.717) is 6.61 Å². The first-order valence-corrected chi connectivity index (χ1v) is 8.08. The van der Waals surface area contributed by atoms with E-state index in [4.69, 9.17) is 18.9 Å². The van der Waals surface area contributed by atoms with Crippen LogP contribution in [0.1, 0.15) is 26.2 Å². The fourth-order valence-electron chi connectivity index (χ4n) is 3.83. The minimum atomic E-state index is -0.334. The highest BCUT2D eigenvalue weighted by molar-refractivity contribution is 5.91. The van der Waals surface area contributed by atoms with Crippen LogP contribution in [0, 0.1) is 0 Å². The van der Waals surface area contributed by atoms with Crippen LogP contribution in [0.5, 0.6) is 0 Å². The van der Waals surface area contributed by atoms with Crippen molar-refractivity contribution in [2.45, 2.75) is 62.3 Å². The summed E-state index contributed by atoms with van der Waals surface area (Å²) in [5, 5.41) is 0. The molecule has 4 heterocycles. The third-order valence-corrected chi connectivity index (χ3v) is 5.16. The first kappa shape index (κ1) is 14.6. The number of hydrogen-bond acceptors (Lipinski definition) is 5. The van der Waals surface area contributed by atoms with Gasteiger partial charge < -0.3 is 18.9 Å². The number of ether oxygens (including phenoxy) is 4. The Kier molecular flexibility index (Phi) is 3.69. The van der Waals surface area contributed by atoms with E-state index in [0.717, 1.165) is 19.3 Å². The summed E-state index contributed by atoms with van der Waals surface area (Å²) in [6.45, 7) is 2.90. The van der Waals surface area contributed by atoms with E-state index in [2.05, 4.69) is 13.0 Å². The standard InChI is InChI=1S/C17H22O5/c1-17-7-6-12-13(5-4-11(18)10-20-12)21-16(17)9-15-14(22-17)3-2-8-19-15/h2-5,12-16H,6-10H2,1H3/t12-,13+,14-,15+,16-,17+/m0/s1. The second kappa shape index (κ2) is 5.57. The molecule has 0 saturated carbocycles. The van der Waals surface area contributed by atoms with Crippen LogP contribution >= 0.6 is 0 Å². The average Bonchev–Trinajstić information content (AvgIpc) is 2.76. The molecule has 0 radical (unpaired) electrons. The van der Waals surface area contributed by atoms with Crippen LogP contribution in [0.2, 0.25) is 0 Å². The maximum atomic E-state index is 11.5. The SMILES string of the molecule is C[C@@]12CC[C@@H]3OCC(=O)C=C[C@H]3O[C@H]1C[C@H]1OCC=C[C@@H]1O2. The minimum Gasteiger partial charge on any atom is -0.371 e. The maximum Gasteiger partial charge on any atom is 0.181 e. The number of fused-ring (bicyclic) bond motifs is 3. The monoisotopic (exact) mass is 306 g/mol. The van der Waals surface area contributed by atoms with Gasteiger partial charge in [-0.05, 0) is 31.9 Å². The summed E-state index contributed by atoms with van der Waals surface area (Å²) in [7, 11) is 0. The molecule has 120 valence electrons. The molecule has 4 aliphatic rings. The lowest BCUT2D eigenvalue weighted by molar-refractivity contribution is -0.233. The van der Waals surface area contributed by atoms with Crippen LogP contribution in [0.15, 0.2) is 24.3 Å². The summed E-state index contributed by atoms with van der Waals surface area (Å²) in [6, 6.07) is 0. The molecule has 0 amide bonds. The van der Waals surface area contributed by atoms with Gasteiger partial charge in [0.1, 0.15) is 18.8 Å². The van der Waals surface area contributed by atoms with Gasteiger partial charge in [0, 0.05) is 6.42 Å². The molecular formula is C17H22O5. The molecule has 0 aromatic carbocycles. The zero-order chi connectivity index (χ0) is 15.2. The molecule has 0 N–H and O–H groups in total. The molecule has 0 unspecified atom stereocenters. The predicted molar refractivity (Wildman–Crippen MR) is 78.6 cm³/mol. The van der Waals surface area contributed by atoms with Crippen molar-refractivity contribution in [3.05, 3.63) is 24.3 Å². The van der Waals surface area contributed by atoms with Gasteiger partial charge in [-0.3, -0.25) is 4.79 Å². The summed E-state index contributed by atoms with van der Waals surface area (Å²) in [5.41, 5.74) is -0.334. The van der Waals surface area contributed by atoms with Gasteiger partial charge in [0.2, 0.25) is 0 Å². The lowest BCUT2D eigenvalue weighted by atomic mass is 9.84. The lowest BCUT2D eigenvalue weighted by Crippen LogP contribution is -2.56. The molecule has 2 saturated heterocycles. The molecule has 0 spiro atoms. The summed E-state index contributed by atoms with van der Waals surface area (Å²) < 4.78 is 24.2. The van der Waals surface area contributed by atoms with Gasteiger partial charge in [0.25, 0.3) is 0 Å². The highest BCUT2D eigenvalue weighted by Crippen LogP contribution is 2.41. The molecule has 0 aromatic heterocycles. The third-order valence-electron chi connectivity index (χ3n) is 5.16. The average molecular weight is 306 g/mol. The molecule has 6 atom stereocenters. The Bertz CT molecular complexity index is 513. The highest BCUT2D eigenvalue weighted by Gasteiger charge is 2.50. The van der Waals surface area contributed by atoms with Crippen molar-refractivity contribution in [3.8, 4) is 0 Å². The quantitative estimate of drug-likeness (QED) is 0.636. The molecule has 5 heteroatoms. The molecule has 5 nitrogen and oxygen atoms in total. The zero-order valence-electron chi connectivity index (χ0n) is 12.8. The highest BCUT2D eigenvalue weighted by atomic mass is 16.6. The Labute approximate surface area is 130 Å². The van der Waals surface area contributed by atoms with Gasteiger partial charge in [-0.2, -0.15) is 0 Å². The minimum absolute atomic E-state index is 0.000134. The van der Waals surface area contributed by atoms with Crippen molar-refractivity contribution in [3.63, 3.8) is 0 Å². The lowest BCUT2D eigenvalue weighted by Gasteiger charge is -2.47. The molecule has 4 rings (SSSR count). The summed E-state index contributed by atoms with van der Waals surface area (Å²) in [6.07, 6.45) is 9.82. The van der Waals surface area contributed by atoms with Crippen molar-refractivity contribution in [1.29, 1.82) is 0 Å². The number of ketones is 1. The van der Waals surface area contributed by atoms with Crippen molar-refractivity contribution in [2.24, 2.45) is 0 Å². The second-order valence-corrected chi connectivity index (χ2v) is 6.73. The van der Waals surface area contributed by atoms with E-state index in [9.17, 15) is 4.79 Å². The molecule has 0 bridgehead atoms. The number of hydrogen-bond donors (Lipinski definition) is 0. The molecule has 0 aliphatic carbocycles. The normalized spacial score (nSPS) is 47.9. The van der Waals surface area contributed by atoms with Gasteiger partial charge in [-0.1, -0.05) is 12.2 Å². The maximum absolute atomic E-state index is 11.5. The summed E-state index contributed by atoms with van der Waals surface area (Å²) in [5.74, 6) is 0.000134. The first-order chi connectivity index (χ1) is 10.6. The van der Waals surface area contributed by atoms with Gasteiger partial charge in [-0.25, -0.2) is 0 Å². The van der Waals surface area contributed by atoms with E-state index in [1.807, 2.05) is 12.2 Å². The molecule has 2 fully saturated rings. The van der Waals surface area contributed by atoms with Gasteiger partial charge in [-0.15, -0.1) is 0 Å². The molecular weight excluding hydrogens is 284 g/mol. The Hall–Kier alpha value is -1.01. The van der Waals surface area contributed by atoms with Crippen LogP contribution < -0.4 is 0 Å². The van der Waals surface area contributed by atoms with Crippen LogP contribution in [0.4, 0.5) is 0 Å². The predicted octanol–water partition coefficient (Wildman–Crippen LogP) is 1.56. The van der Waals surface area contributed by atoms with Crippen molar-refractivity contribution >= 4 is 5.78 Å². The molecule has 0 aromatic rings. The summed E-state index contributed by atoms with van der Waals surface area (Å²) >= 11 is 0. The number of carbonyl (C=O) groups is 1. The van der Waals surface area contributed by atoms with Crippen LogP contribution in [-0.2, 0) is 23.7 Å². The van der Waals surface area contributed by atoms with Gasteiger partial charge in [0.15, 0.2) is 5.78 Å². The van der Waals surface area contributed by atoms with Crippen LogP contribution in [-0.4, -0.2) is 55.1 Å². The fraction of sp³-hybridized carbons (Fsp3) is 0.706. The van der Waals surface area contributed by atoms with E-state index in [-0.39, 0.29) is 48.5 Å². The molecule has 22 heavy (non-hydrogen) atoms. The van der Waals surface area contributed by atoms with Crippen LogP contribution in [0.25, 0.3) is 0 Å². The number of rotatable bonds is 0. The van der Waals surface area contributed by atoms with E-state index >= 15 is 0 Å². The van der Waals surface area contributed by atoms with E-state index < -0.39 is 0 Å². The topological polar surface area (TPSA) is 54.0 Å². The van der Waals surface area contributed by atoms with E-state index in [1.165, 1.54) is 0 Å².